The van der Waals surface area contributed by atoms with Gasteiger partial charge in [0.25, 0.3) is 0 Å². The first-order chi connectivity index (χ1) is 9.16. The molecule has 3 atom stereocenters. The molecule has 19 heavy (non-hydrogen) atoms. The molecule has 0 heterocycles. The number of hydrogen-bond donors (Lipinski definition) is 1. The van der Waals surface area contributed by atoms with Crippen molar-refractivity contribution >= 4 is 22.6 Å². The lowest BCUT2D eigenvalue weighted by Gasteiger charge is -2.14. The first-order valence-electron chi connectivity index (χ1n) is 6.42. The van der Waals surface area contributed by atoms with Crippen LogP contribution < -0.4 is 5.73 Å². The second-order valence-electron chi connectivity index (χ2n) is 5.11. The lowest BCUT2D eigenvalue weighted by atomic mass is 9.99. The van der Waals surface area contributed by atoms with E-state index in [2.05, 4.69) is 46.9 Å². The monoisotopic (exact) mass is 367 g/mol. The van der Waals surface area contributed by atoms with Crippen LogP contribution in [0.4, 0.5) is 4.39 Å². The Kier molecular flexibility index (Phi) is 3.58. The summed E-state index contributed by atoms with van der Waals surface area (Å²) in [6.07, 6.45) is 1.12. The molecule has 2 aromatic rings. The van der Waals surface area contributed by atoms with E-state index in [1.807, 2.05) is 12.1 Å². The summed E-state index contributed by atoms with van der Waals surface area (Å²) in [6, 6.07) is 15.4. The van der Waals surface area contributed by atoms with Crippen molar-refractivity contribution in [2.75, 3.05) is 0 Å². The van der Waals surface area contributed by atoms with Crippen molar-refractivity contribution in [3.63, 3.8) is 0 Å². The molecule has 2 N–H and O–H groups in total. The van der Waals surface area contributed by atoms with E-state index in [0.717, 1.165) is 15.6 Å². The van der Waals surface area contributed by atoms with Crippen LogP contribution >= 0.6 is 22.6 Å². The van der Waals surface area contributed by atoms with Gasteiger partial charge in [0.2, 0.25) is 0 Å². The molecule has 3 unspecified atom stereocenters. The molecule has 0 amide bonds. The predicted octanol–water partition coefficient (Wildman–Crippen LogP) is 4.23. The largest absolute Gasteiger partial charge is 0.324 e. The van der Waals surface area contributed by atoms with Gasteiger partial charge in [-0.15, -0.1) is 0 Å². The van der Waals surface area contributed by atoms with Gasteiger partial charge in [0, 0.05) is 9.61 Å². The van der Waals surface area contributed by atoms with Gasteiger partial charge in [-0.3, -0.25) is 0 Å². The number of nitrogens with two attached hydrogens (primary N) is 1. The van der Waals surface area contributed by atoms with E-state index in [4.69, 9.17) is 5.73 Å². The summed E-state index contributed by atoms with van der Waals surface area (Å²) in [7, 11) is 0. The summed E-state index contributed by atoms with van der Waals surface area (Å²) in [4.78, 5) is 0. The quantitative estimate of drug-likeness (QED) is 0.808. The third-order valence-electron chi connectivity index (χ3n) is 3.85. The highest BCUT2D eigenvalue weighted by atomic mass is 127. The first-order valence-corrected chi connectivity index (χ1v) is 7.50. The van der Waals surface area contributed by atoms with Gasteiger partial charge in [-0.25, -0.2) is 4.39 Å². The molecule has 1 aliphatic carbocycles. The molecule has 3 rings (SSSR count). The predicted molar refractivity (Wildman–Crippen MR) is 83.3 cm³/mol. The van der Waals surface area contributed by atoms with E-state index in [1.165, 1.54) is 11.6 Å². The average Bonchev–Trinajstić information content (AvgIpc) is 3.19. The highest BCUT2D eigenvalue weighted by Gasteiger charge is 2.43. The minimum absolute atomic E-state index is 0.00212. The van der Waals surface area contributed by atoms with Crippen LogP contribution in [-0.2, 0) is 0 Å². The minimum Gasteiger partial charge on any atom is -0.324 e. The Morgan fingerprint density at radius 1 is 1.16 bits per heavy atom. The molecular formula is C16H15FIN. The van der Waals surface area contributed by atoms with Crippen molar-refractivity contribution in [1.29, 1.82) is 0 Å². The molecule has 0 radical (unpaired) electrons. The number of rotatable bonds is 3. The molecular weight excluding hydrogens is 352 g/mol. The maximum absolute atomic E-state index is 13.1. The van der Waals surface area contributed by atoms with Gasteiger partial charge in [-0.05, 0) is 64.1 Å². The van der Waals surface area contributed by atoms with Crippen molar-refractivity contribution in [3.8, 4) is 0 Å². The average molecular weight is 367 g/mol. The van der Waals surface area contributed by atoms with Gasteiger partial charge in [-0.2, -0.15) is 0 Å². The lowest BCUT2D eigenvalue weighted by Crippen LogP contribution is -2.15. The molecule has 0 saturated heterocycles. The third kappa shape index (κ3) is 2.67. The van der Waals surface area contributed by atoms with Crippen LogP contribution in [0, 0.1) is 15.3 Å². The van der Waals surface area contributed by atoms with Crippen LogP contribution in [0.2, 0.25) is 0 Å². The molecule has 0 spiro atoms. The Morgan fingerprint density at radius 3 is 2.58 bits per heavy atom. The van der Waals surface area contributed by atoms with Crippen LogP contribution in [0.3, 0.4) is 0 Å². The zero-order valence-corrected chi connectivity index (χ0v) is 12.5. The van der Waals surface area contributed by atoms with E-state index in [1.54, 1.807) is 6.07 Å². The smallest absolute Gasteiger partial charge is 0.124 e. The number of benzene rings is 2. The van der Waals surface area contributed by atoms with Crippen LogP contribution in [-0.4, -0.2) is 0 Å². The second-order valence-corrected chi connectivity index (χ2v) is 6.27. The Morgan fingerprint density at radius 2 is 1.89 bits per heavy atom. The topological polar surface area (TPSA) is 26.0 Å². The van der Waals surface area contributed by atoms with Crippen molar-refractivity contribution in [3.05, 3.63) is 69.0 Å². The number of hydrogen-bond acceptors (Lipinski definition) is 1. The van der Waals surface area contributed by atoms with Gasteiger partial charge >= 0.3 is 0 Å². The summed E-state index contributed by atoms with van der Waals surface area (Å²) in [6.45, 7) is 0. The molecule has 0 aliphatic heterocycles. The fourth-order valence-corrected chi connectivity index (χ4v) is 3.53. The van der Waals surface area contributed by atoms with Crippen molar-refractivity contribution in [2.45, 2.75) is 18.4 Å². The molecule has 1 nitrogen and oxygen atoms in total. The molecule has 0 bridgehead atoms. The highest BCUT2D eigenvalue weighted by Crippen LogP contribution is 2.53. The zero-order valence-electron chi connectivity index (χ0n) is 10.4. The Balaban J connectivity index is 1.78. The SMILES string of the molecule is NC(c1ccc(F)cc1I)C1CC1c1ccccc1. The van der Waals surface area contributed by atoms with Crippen LogP contribution in [0.5, 0.6) is 0 Å². The van der Waals surface area contributed by atoms with Gasteiger partial charge in [0.1, 0.15) is 5.82 Å². The van der Waals surface area contributed by atoms with Gasteiger partial charge in [0.15, 0.2) is 0 Å². The minimum atomic E-state index is -0.198. The Labute approximate surface area is 126 Å². The summed E-state index contributed by atoms with van der Waals surface area (Å²) in [5, 5.41) is 0. The Bertz CT molecular complexity index is 585. The van der Waals surface area contributed by atoms with Crippen molar-refractivity contribution in [2.24, 2.45) is 11.7 Å². The van der Waals surface area contributed by atoms with Crippen LogP contribution in [0.1, 0.15) is 29.5 Å². The fourth-order valence-electron chi connectivity index (χ4n) is 2.70. The number of halogens is 2. The molecule has 1 saturated carbocycles. The molecule has 3 heteroatoms. The summed E-state index contributed by atoms with van der Waals surface area (Å²) < 4.78 is 14.0. The first kappa shape index (κ1) is 13.1. The molecule has 1 aliphatic rings. The standard InChI is InChI=1S/C16H15FIN/c17-11-6-7-12(15(18)8-11)16(19)14-9-13(14)10-4-2-1-3-5-10/h1-8,13-14,16H,9,19H2. The lowest BCUT2D eigenvalue weighted by molar-refractivity contribution is 0.600. The third-order valence-corrected chi connectivity index (χ3v) is 4.78. The molecule has 98 valence electrons. The maximum atomic E-state index is 13.1. The van der Waals surface area contributed by atoms with Crippen molar-refractivity contribution in [1.82, 2.24) is 0 Å². The second kappa shape index (κ2) is 5.21. The van der Waals surface area contributed by atoms with Crippen molar-refractivity contribution < 1.29 is 4.39 Å². The van der Waals surface area contributed by atoms with E-state index >= 15 is 0 Å². The van der Waals surface area contributed by atoms with Gasteiger partial charge in [0.05, 0.1) is 0 Å². The normalized spacial score (nSPS) is 23.1. The fraction of sp³-hybridized carbons (Fsp3) is 0.250. The highest BCUT2D eigenvalue weighted by molar-refractivity contribution is 14.1. The summed E-state index contributed by atoms with van der Waals surface area (Å²) in [5.74, 6) is 0.828. The zero-order chi connectivity index (χ0) is 13.4. The van der Waals surface area contributed by atoms with E-state index < -0.39 is 0 Å². The maximum Gasteiger partial charge on any atom is 0.124 e. The van der Waals surface area contributed by atoms with Gasteiger partial charge < -0.3 is 5.73 Å². The van der Waals surface area contributed by atoms with E-state index in [-0.39, 0.29) is 11.9 Å². The Hall–Kier alpha value is -0.940. The molecule has 1 fully saturated rings. The van der Waals surface area contributed by atoms with E-state index in [9.17, 15) is 4.39 Å². The van der Waals surface area contributed by atoms with Crippen LogP contribution in [0.15, 0.2) is 48.5 Å². The molecule has 2 aromatic carbocycles. The molecule has 0 aromatic heterocycles. The van der Waals surface area contributed by atoms with Crippen LogP contribution in [0.25, 0.3) is 0 Å². The summed E-state index contributed by atoms with van der Waals surface area (Å²) >= 11 is 2.16. The van der Waals surface area contributed by atoms with E-state index in [0.29, 0.717) is 11.8 Å². The van der Waals surface area contributed by atoms with Gasteiger partial charge in [-0.1, -0.05) is 36.4 Å². The summed E-state index contributed by atoms with van der Waals surface area (Å²) in [5.41, 5.74) is 8.77.